The zero-order valence-corrected chi connectivity index (χ0v) is 9.52. The Bertz CT molecular complexity index is 519. The lowest BCUT2D eigenvalue weighted by Crippen LogP contribution is -2.06. The molecule has 0 radical (unpaired) electrons. The molecular formula is C11H12N4O2. The van der Waals surface area contributed by atoms with E-state index in [2.05, 4.69) is 20.5 Å². The van der Waals surface area contributed by atoms with Crippen LogP contribution in [0.2, 0.25) is 0 Å². The van der Waals surface area contributed by atoms with E-state index in [9.17, 15) is 4.79 Å². The molecule has 17 heavy (non-hydrogen) atoms. The van der Waals surface area contributed by atoms with E-state index in [1.54, 1.807) is 7.11 Å². The van der Waals surface area contributed by atoms with Gasteiger partial charge in [-0.3, -0.25) is 15.2 Å². The van der Waals surface area contributed by atoms with E-state index in [1.807, 2.05) is 24.3 Å². The Kier molecular flexibility index (Phi) is 3.04. The van der Waals surface area contributed by atoms with Crippen LogP contribution < -0.4 is 10.1 Å². The summed E-state index contributed by atoms with van der Waals surface area (Å²) < 4.78 is 5.06. The highest BCUT2D eigenvalue weighted by Crippen LogP contribution is 2.19. The molecule has 0 spiro atoms. The average molecular weight is 232 g/mol. The zero-order chi connectivity index (χ0) is 12.3. The number of nitrogens with one attached hydrogen (secondary N) is 2. The summed E-state index contributed by atoms with van der Waals surface area (Å²) in [5, 5.41) is 9.12. The number of methoxy groups -OCH3 is 1. The van der Waals surface area contributed by atoms with Gasteiger partial charge in [0.2, 0.25) is 11.9 Å². The number of H-pyrrole nitrogens is 1. The number of carbonyl (C=O) groups is 1. The first-order valence-corrected chi connectivity index (χ1v) is 5.03. The number of hydrogen-bond donors (Lipinski definition) is 2. The molecule has 0 atom stereocenters. The summed E-state index contributed by atoms with van der Waals surface area (Å²) in [6.07, 6.45) is 0. The van der Waals surface area contributed by atoms with Gasteiger partial charge in [-0.2, -0.15) is 4.98 Å². The summed E-state index contributed by atoms with van der Waals surface area (Å²) in [4.78, 5) is 15.0. The minimum atomic E-state index is -0.203. The van der Waals surface area contributed by atoms with Crippen LogP contribution in [0.1, 0.15) is 6.92 Å². The largest absolute Gasteiger partial charge is 0.497 e. The molecule has 1 aromatic heterocycles. The first-order chi connectivity index (χ1) is 8.19. The van der Waals surface area contributed by atoms with Gasteiger partial charge in [-0.25, -0.2) is 0 Å². The molecular weight excluding hydrogens is 220 g/mol. The summed E-state index contributed by atoms with van der Waals surface area (Å²) in [5.41, 5.74) is 0.870. The Morgan fingerprint density at radius 2 is 2.06 bits per heavy atom. The van der Waals surface area contributed by atoms with Crippen molar-refractivity contribution in [1.82, 2.24) is 15.2 Å². The number of hydrogen-bond acceptors (Lipinski definition) is 4. The number of amides is 1. The van der Waals surface area contributed by atoms with Gasteiger partial charge in [0, 0.05) is 12.5 Å². The lowest BCUT2D eigenvalue weighted by atomic mass is 10.2. The van der Waals surface area contributed by atoms with E-state index in [0.29, 0.717) is 5.82 Å². The van der Waals surface area contributed by atoms with Gasteiger partial charge in [-0.15, -0.1) is 5.10 Å². The normalized spacial score (nSPS) is 10.0. The van der Waals surface area contributed by atoms with Gasteiger partial charge in [-0.05, 0) is 24.3 Å². The summed E-state index contributed by atoms with van der Waals surface area (Å²) in [6, 6.07) is 7.37. The molecule has 1 aromatic carbocycles. The third-order valence-electron chi connectivity index (χ3n) is 2.14. The molecule has 1 heterocycles. The summed E-state index contributed by atoms with van der Waals surface area (Å²) in [6.45, 7) is 1.41. The van der Waals surface area contributed by atoms with E-state index in [-0.39, 0.29) is 11.9 Å². The second kappa shape index (κ2) is 4.65. The van der Waals surface area contributed by atoms with Gasteiger partial charge in [-0.1, -0.05) is 0 Å². The number of carbonyl (C=O) groups excluding carboxylic acids is 1. The van der Waals surface area contributed by atoms with E-state index >= 15 is 0 Å². The highest BCUT2D eigenvalue weighted by atomic mass is 16.5. The Morgan fingerprint density at radius 3 is 2.65 bits per heavy atom. The van der Waals surface area contributed by atoms with E-state index in [1.165, 1.54) is 6.92 Å². The van der Waals surface area contributed by atoms with Crippen LogP contribution in [0, 0.1) is 0 Å². The maximum absolute atomic E-state index is 10.8. The van der Waals surface area contributed by atoms with Crippen LogP contribution in [0.3, 0.4) is 0 Å². The Balaban J connectivity index is 2.21. The van der Waals surface area contributed by atoms with Crippen molar-refractivity contribution in [2.45, 2.75) is 6.92 Å². The number of benzene rings is 1. The number of anilines is 1. The summed E-state index contributed by atoms with van der Waals surface area (Å²) >= 11 is 0. The molecule has 0 saturated heterocycles. The highest BCUT2D eigenvalue weighted by molar-refractivity contribution is 5.86. The fourth-order valence-electron chi connectivity index (χ4n) is 1.35. The van der Waals surface area contributed by atoms with Crippen molar-refractivity contribution < 1.29 is 9.53 Å². The molecule has 1 amide bonds. The van der Waals surface area contributed by atoms with Crippen LogP contribution in [-0.2, 0) is 4.79 Å². The Hall–Kier alpha value is -2.37. The van der Waals surface area contributed by atoms with Gasteiger partial charge < -0.3 is 4.74 Å². The van der Waals surface area contributed by atoms with Crippen molar-refractivity contribution in [3.8, 4) is 17.1 Å². The minimum Gasteiger partial charge on any atom is -0.497 e. The molecule has 0 unspecified atom stereocenters. The molecule has 6 heteroatoms. The molecule has 6 nitrogen and oxygen atoms in total. The molecule has 0 bridgehead atoms. The maximum Gasteiger partial charge on any atom is 0.249 e. The molecule has 0 saturated carbocycles. The van der Waals surface area contributed by atoms with Crippen LogP contribution in [0.15, 0.2) is 24.3 Å². The summed E-state index contributed by atoms with van der Waals surface area (Å²) in [5.74, 6) is 1.43. The molecule has 0 fully saturated rings. The Labute approximate surface area is 98.0 Å². The zero-order valence-electron chi connectivity index (χ0n) is 9.52. The first kappa shape index (κ1) is 11.1. The topological polar surface area (TPSA) is 79.9 Å². The van der Waals surface area contributed by atoms with Crippen molar-refractivity contribution in [2.75, 3.05) is 12.4 Å². The Morgan fingerprint density at radius 1 is 1.35 bits per heavy atom. The van der Waals surface area contributed by atoms with Crippen molar-refractivity contribution in [3.05, 3.63) is 24.3 Å². The predicted octanol–water partition coefficient (Wildman–Crippen LogP) is 1.44. The van der Waals surface area contributed by atoms with Crippen LogP contribution in [0.25, 0.3) is 11.4 Å². The van der Waals surface area contributed by atoms with Crippen molar-refractivity contribution in [2.24, 2.45) is 0 Å². The van der Waals surface area contributed by atoms with E-state index in [4.69, 9.17) is 4.74 Å². The first-order valence-electron chi connectivity index (χ1n) is 5.03. The highest BCUT2D eigenvalue weighted by Gasteiger charge is 2.06. The number of nitrogens with zero attached hydrogens (tertiary/aromatic N) is 2. The molecule has 2 rings (SSSR count). The minimum absolute atomic E-state index is 0.203. The summed E-state index contributed by atoms with van der Waals surface area (Å²) in [7, 11) is 1.61. The standard InChI is InChI=1S/C11H12N4O2/c1-7(16)12-11-13-10(14-15-11)8-3-5-9(17-2)6-4-8/h3-6H,1-2H3,(H2,12,13,14,15,16). The SMILES string of the molecule is COc1ccc(-c2nc(NC(C)=O)n[nH]2)cc1. The lowest BCUT2D eigenvalue weighted by Gasteiger charge is -1.99. The number of rotatable bonds is 3. The van der Waals surface area contributed by atoms with Crippen molar-refractivity contribution in [3.63, 3.8) is 0 Å². The van der Waals surface area contributed by atoms with Gasteiger partial charge in [0.15, 0.2) is 5.82 Å². The molecule has 0 aliphatic heterocycles. The number of aromatic nitrogens is 3. The second-order valence-electron chi connectivity index (χ2n) is 3.42. The molecule has 0 aliphatic carbocycles. The third kappa shape index (κ3) is 2.60. The van der Waals surface area contributed by atoms with E-state index < -0.39 is 0 Å². The average Bonchev–Trinajstić information content (AvgIpc) is 2.77. The van der Waals surface area contributed by atoms with Crippen molar-refractivity contribution >= 4 is 11.9 Å². The molecule has 0 aliphatic rings. The third-order valence-corrected chi connectivity index (χ3v) is 2.14. The van der Waals surface area contributed by atoms with Crippen LogP contribution >= 0.6 is 0 Å². The van der Waals surface area contributed by atoms with Crippen LogP contribution in [-0.4, -0.2) is 28.2 Å². The fraction of sp³-hybridized carbons (Fsp3) is 0.182. The van der Waals surface area contributed by atoms with Gasteiger partial charge in [0.05, 0.1) is 7.11 Å². The molecule has 88 valence electrons. The maximum atomic E-state index is 10.8. The fourth-order valence-corrected chi connectivity index (χ4v) is 1.35. The smallest absolute Gasteiger partial charge is 0.249 e. The van der Waals surface area contributed by atoms with Gasteiger partial charge in [0.1, 0.15) is 5.75 Å². The monoisotopic (exact) mass is 232 g/mol. The van der Waals surface area contributed by atoms with E-state index in [0.717, 1.165) is 11.3 Å². The second-order valence-corrected chi connectivity index (χ2v) is 3.42. The lowest BCUT2D eigenvalue weighted by molar-refractivity contribution is -0.114. The molecule has 2 N–H and O–H groups in total. The quantitative estimate of drug-likeness (QED) is 0.839. The van der Waals surface area contributed by atoms with Crippen molar-refractivity contribution in [1.29, 1.82) is 0 Å². The van der Waals surface area contributed by atoms with Crippen LogP contribution in [0.5, 0.6) is 5.75 Å². The molecule has 2 aromatic rings. The van der Waals surface area contributed by atoms with Crippen LogP contribution in [0.4, 0.5) is 5.95 Å². The number of aromatic amines is 1. The number of ether oxygens (including phenoxy) is 1. The van der Waals surface area contributed by atoms with Gasteiger partial charge >= 0.3 is 0 Å². The van der Waals surface area contributed by atoms with Gasteiger partial charge in [0.25, 0.3) is 0 Å². The predicted molar refractivity (Wildman–Crippen MR) is 62.7 cm³/mol.